The van der Waals surface area contributed by atoms with E-state index in [0.29, 0.717) is 6.61 Å². The molecule has 1 heterocycles. The molecule has 1 heteroatoms. The summed E-state index contributed by atoms with van der Waals surface area (Å²) in [5.74, 6) is 0.994. The van der Waals surface area contributed by atoms with Crippen LogP contribution in [0.4, 0.5) is 0 Å². The minimum Gasteiger partial charge on any atom is -0.489 e. The van der Waals surface area contributed by atoms with Gasteiger partial charge in [0.05, 0.1) is 0 Å². The van der Waals surface area contributed by atoms with E-state index in [0.717, 1.165) is 12.2 Å². The molecule has 1 aliphatic heterocycles. The van der Waals surface area contributed by atoms with E-state index in [1.165, 1.54) is 22.3 Å². The van der Waals surface area contributed by atoms with Gasteiger partial charge in [-0.2, -0.15) is 0 Å². The fraction of sp³-hybridized carbons (Fsp3) is 0.176. The first-order valence-corrected chi connectivity index (χ1v) is 6.40. The summed E-state index contributed by atoms with van der Waals surface area (Å²) < 4.78 is 5.82. The molecular weight excluding hydrogens is 220 g/mol. The molecule has 0 radical (unpaired) electrons. The zero-order chi connectivity index (χ0) is 12.4. The quantitative estimate of drug-likeness (QED) is 0.755. The molecule has 3 rings (SSSR count). The van der Waals surface area contributed by atoms with Crippen LogP contribution >= 0.6 is 0 Å². The number of benzene rings is 2. The molecule has 0 saturated heterocycles. The maximum Gasteiger partial charge on any atom is 0.127 e. The topological polar surface area (TPSA) is 9.23 Å². The van der Waals surface area contributed by atoms with Crippen LogP contribution in [-0.4, -0.2) is 6.61 Å². The molecular formula is C17H16O. The average Bonchev–Trinajstić information content (AvgIpc) is 2.47. The molecule has 0 amide bonds. The third-order valence-electron chi connectivity index (χ3n) is 3.40. The van der Waals surface area contributed by atoms with Crippen molar-refractivity contribution in [2.75, 3.05) is 6.61 Å². The van der Waals surface area contributed by atoms with Crippen LogP contribution in [0.3, 0.4) is 0 Å². The minimum absolute atomic E-state index is 0.706. The molecule has 18 heavy (non-hydrogen) atoms. The number of rotatable bonds is 2. The van der Waals surface area contributed by atoms with Crippen LogP contribution in [0.15, 0.2) is 60.2 Å². The highest BCUT2D eigenvalue weighted by atomic mass is 16.5. The molecule has 2 aromatic rings. The summed E-state index contributed by atoms with van der Waals surface area (Å²) in [6.07, 6.45) is 1.03. The molecule has 0 aliphatic carbocycles. The van der Waals surface area contributed by atoms with Crippen molar-refractivity contribution in [2.45, 2.75) is 13.3 Å². The van der Waals surface area contributed by atoms with Crippen LogP contribution in [0.25, 0.3) is 5.57 Å². The van der Waals surface area contributed by atoms with Gasteiger partial charge in [0, 0.05) is 5.56 Å². The molecule has 0 saturated carbocycles. The number of hydrogen-bond acceptors (Lipinski definition) is 1. The normalized spacial score (nSPS) is 14.1. The zero-order valence-corrected chi connectivity index (χ0v) is 10.5. The summed E-state index contributed by atoms with van der Waals surface area (Å²) in [4.78, 5) is 0. The highest BCUT2D eigenvalue weighted by Gasteiger charge is 2.19. The molecule has 0 unspecified atom stereocenters. The van der Waals surface area contributed by atoms with Crippen molar-refractivity contribution in [3.8, 4) is 5.75 Å². The third kappa shape index (κ3) is 1.82. The van der Waals surface area contributed by atoms with Gasteiger partial charge >= 0.3 is 0 Å². The van der Waals surface area contributed by atoms with Gasteiger partial charge < -0.3 is 4.74 Å². The Morgan fingerprint density at radius 2 is 1.67 bits per heavy atom. The lowest BCUT2D eigenvalue weighted by Crippen LogP contribution is -2.11. The van der Waals surface area contributed by atoms with Crippen LogP contribution in [0.5, 0.6) is 5.75 Å². The van der Waals surface area contributed by atoms with Crippen LogP contribution < -0.4 is 4.74 Å². The van der Waals surface area contributed by atoms with Gasteiger partial charge in [0.1, 0.15) is 12.4 Å². The predicted molar refractivity (Wildman–Crippen MR) is 74.7 cm³/mol. The van der Waals surface area contributed by atoms with Crippen molar-refractivity contribution in [3.63, 3.8) is 0 Å². The summed E-state index contributed by atoms with van der Waals surface area (Å²) in [5, 5.41) is 0. The van der Waals surface area contributed by atoms with E-state index in [4.69, 9.17) is 4.74 Å². The van der Waals surface area contributed by atoms with Gasteiger partial charge in [0.2, 0.25) is 0 Å². The van der Waals surface area contributed by atoms with Gasteiger partial charge in [-0.3, -0.25) is 0 Å². The van der Waals surface area contributed by atoms with Gasteiger partial charge in [-0.05, 0) is 29.2 Å². The van der Waals surface area contributed by atoms with Crippen molar-refractivity contribution in [3.05, 3.63) is 71.3 Å². The highest BCUT2D eigenvalue weighted by Crippen LogP contribution is 2.37. The monoisotopic (exact) mass is 236 g/mol. The molecule has 0 atom stereocenters. The first kappa shape index (κ1) is 11.1. The summed E-state index contributed by atoms with van der Waals surface area (Å²) in [5.41, 5.74) is 5.22. The number of ether oxygens (including phenoxy) is 1. The molecule has 2 aromatic carbocycles. The number of fused-ring (bicyclic) bond motifs is 1. The van der Waals surface area contributed by atoms with Crippen LogP contribution in [0.1, 0.15) is 24.5 Å². The minimum atomic E-state index is 0.706. The Bertz CT molecular complexity index is 582. The Morgan fingerprint density at radius 3 is 2.44 bits per heavy atom. The zero-order valence-electron chi connectivity index (χ0n) is 10.5. The Balaban J connectivity index is 2.22. The number of hydrogen-bond donors (Lipinski definition) is 0. The second-order valence-electron chi connectivity index (χ2n) is 4.48. The fourth-order valence-electron chi connectivity index (χ4n) is 2.47. The molecule has 0 fully saturated rings. The van der Waals surface area contributed by atoms with Gasteiger partial charge in [-0.25, -0.2) is 0 Å². The van der Waals surface area contributed by atoms with E-state index < -0.39 is 0 Å². The second-order valence-corrected chi connectivity index (χ2v) is 4.48. The lowest BCUT2D eigenvalue weighted by atomic mass is 9.90. The summed E-state index contributed by atoms with van der Waals surface area (Å²) >= 11 is 0. The van der Waals surface area contributed by atoms with Crippen molar-refractivity contribution in [1.29, 1.82) is 0 Å². The van der Waals surface area contributed by atoms with E-state index in [1.807, 2.05) is 12.1 Å². The van der Waals surface area contributed by atoms with Crippen LogP contribution in [0.2, 0.25) is 0 Å². The Hall–Kier alpha value is -2.02. The Morgan fingerprint density at radius 1 is 0.944 bits per heavy atom. The van der Waals surface area contributed by atoms with E-state index in [2.05, 4.69) is 49.4 Å². The molecule has 0 aromatic heterocycles. The van der Waals surface area contributed by atoms with Gasteiger partial charge in [0.25, 0.3) is 0 Å². The highest BCUT2D eigenvalue weighted by molar-refractivity contribution is 5.86. The Kier molecular flexibility index (Phi) is 2.89. The van der Waals surface area contributed by atoms with Gasteiger partial charge in [-0.15, -0.1) is 0 Å². The molecule has 0 bridgehead atoms. The third-order valence-corrected chi connectivity index (χ3v) is 3.40. The van der Waals surface area contributed by atoms with E-state index in [1.54, 1.807) is 0 Å². The van der Waals surface area contributed by atoms with Crippen LogP contribution in [-0.2, 0) is 0 Å². The van der Waals surface area contributed by atoms with E-state index in [9.17, 15) is 0 Å². The second kappa shape index (κ2) is 4.69. The Labute approximate surface area is 108 Å². The fourth-order valence-corrected chi connectivity index (χ4v) is 2.47. The van der Waals surface area contributed by atoms with Gasteiger partial charge in [-0.1, -0.05) is 55.5 Å². The SMILES string of the molecule is CCC1=C(c2ccccc2)c2ccccc2OC1. The van der Waals surface area contributed by atoms with E-state index in [-0.39, 0.29) is 0 Å². The average molecular weight is 236 g/mol. The maximum absolute atomic E-state index is 5.82. The van der Waals surface area contributed by atoms with E-state index >= 15 is 0 Å². The summed E-state index contributed by atoms with van der Waals surface area (Å²) in [6, 6.07) is 18.9. The number of para-hydroxylation sites is 1. The smallest absolute Gasteiger partial charge is 0.127 e. The molecule has 0 N–H and O–H groups in total. The van der Waals surface area contributed by atoms with Crippen LogP contribution in [0, 0.1) is 0 Å². The maximum atomic E-state index is 5.82. The molecule has 1 nitrogen and oxygen atoms in total. The predicted octanol–water partition coefficient (Wildman–Crippen LogP) is 4.29. The van der Waals surface area contributed by atoms with Crippen molar-refractivity contribution in [2.24, 2.45) is 0 Å². The standard InChI is InChI=1S/C17H16O/c1-2-13-12-18-16-11-7-6-10-15(16)17(13)14-8-4-3-5-9-14/h3-11H,2,12H2,1H3. The first-order chi connectivity index (χ1) is 8.90. The lowest BCUT2D eigenvalue weighted by Gasteiger charge is -2.24. The molecule has 0 spiro atoms. The summed E-state index contributed by atoms with van der Waals surface area (Å²) in [7, 11) is 0. The first-order valence-electron chi connectivity index (χ1n) is 6.40. The van der Waals surface area contributed by atoms with Crippen molar-refractivity contribution >= 4 is 5.57 Å². The molecule has 1 aliphatic rings. The summed E-state index contributed by atoms with van der Waals surface area (Å²) in [6.45, 7) is 2.90. The van der Waals surface area contributed by atoms with Crippen molar-refractivity contribution < 1.29 is 4.74 Å². The lowest BCUT2D eigenvalue weighted by molar-refractivity contribution is 0.342. The van der Waals surface area contributed by atoms with Gasteiger partial charge in [0.15, 0.2) is 0 Å². The largest absolute Gasteiger partial charge is 0.489 e. The van der Waals surface area contributed by atoms with Crippen molar-refractivity contribution in [1.82, 2.24) is 0 Å². The molecule has 90 valence electrons.